The van der Waals surface area contributed by atoms with Crippen molar-refractivity contribution in [2.75, 3.05) is 26.2 Å². The Morgan fingerprint density at radius 2 is 1.88 bits per heavy atom. The van der Waals surface area contributed by atoms with E-state index in [0.717, 1.165) is 12.6 Å². The van der Waals surface area contributed by atoms with Gasteiger partial charge in [0, 0.05) is 32.2 Å². The average molecular weight is 230 g/mol. The van der Waals surface area contributed by atoms with Crippen molar-refractivity contribution in [3.8, 4) is 0 Å². The number of piperazine rings is 1. The van der Waals surface area contributed by atoms with Crippen molar-refractivity contribution in [1.82, 2.24) is 9.80 Å². The standard InChI is InChI=1S/C15H22N2/c1-2-6-14(7-3-1)12-16-10-11-17-9-5-4-8-15(17)13-16/h1-3,6-7,15H,4-5,8-13H2/t15-/m0/s1. The van der Waals surface area contributed by atoms with Crippen LogP contribution in [0.1, 0.15) is 24.8 Å². The lowest BCUT2D eigenvalue weighted by molar-refractivity contribution is 0.0457. The lowest BCUT2D eigenvalue weighted by Crippen LogP contribution is -2.54. The summed E-state index contributed by atoms with van der Waals surface area (Å²) >= 11 is 0. The molecule has 2 heteroatoms. The summed E-state index contributed by atoms with van der Waals surface area (Å²) in [5.41, 5.74) is 1.46. The second kappa shape index (κ2) is 5.19. The van der Waals surface area contributed by atoms with Crippen molar-refractivity contribution in [2.24, 2.45) is 0 Å². The molecule has 1 aromatic rings. The van der Waals surface area contributed by atoms with E-state index in [1.54, 1.807) is 0 Å². The van der Waals surface area contributed by atoms with E-state index in [1.807, 2.05) is 0 Å². The van der Waals surface area contributed by atoms with Crippen LogP contribution in [-0.4, -0.2) is 42.0 Å². The summed E-state index contributed by atoms with van der Waals surface area (Å²) in [6.45, 7) is 6.26. The number of rotatable bonds is 2. The molecular formula is C15H22N2. The van der Waals surface area contributed by atoms with Gasteiger partial charge in [-0.05, 0) is 24.9 Å². The predicted octanol–water partition coefficient (Wildman–Crippen LogP) is 2.36. The molecule has 2 saturated heterocycles. The summed E-state index contributed by atoms with van der Waals surface area (Å²) in [5.74, 6) is 0. The molecule has 92 valence electrons. The van der Waals surface area contributed by atoms with Crippen LogP contribution >= 0.6 is 0 Å². The number of benzene rings is 1. The second-order valence-corrected chi connectivity index (χ2v) is 5.41. The van der Waals surface area contributed by atoms with Crippen LogP contribution in [0.15, 0.2) is 30.3 Å². The maximum Gasteiger partial charge on any atom is 0.0234 e. The minimum atomic E-state index is 0.834. The monoisotopic (exact) mass is 230 g/mol. The van der Waals surface area contributed by atoms with Gasteiger partial charge in [-0.25, -0.2) is 0 Å². The number of hydrogen-bond donors (Lipinski definition) is 0. The predicted molar refractivity (Wildman–Crippen MR) is 70.9 cm³/mol. The Bertz CT molecular complexity index is 349. The maximum absolute atomic E-state index is 2.70. The Balaban J connectivity index is 1.59. The molecule has 2 aliphatic heterocycles. The highest BCUT2D eigenvalue weighted by Gasteiger charge is 2.28. The quantitative estimate of drug-likeness (QED) is 0.769. The van der Waals surface area contributed by atoms with Crippen molar-refractivity contribution < 1.29 is 0 Å². The Labute approximate surface area is 104 Å². The van der Waals surface area contributed by atoms with Gasteiger partial charge >= 0.3 is 0 Å². The summed E-state index contributed by atoms with van der Waals surface area (Å²) in [5, 5.41) is 0. The highest BCUT2D eigenvalue weighted by Crippen LogP contribution is 2.21. The molecule has 0 N–H and O–H groups in total. The van der Waals surface area contributed by atoms with E-state index < -0.39 is 0 Å². The molecule has 3 rings (SSSR count). The maximum atomic E-state index is 2.70. The summed E-state index contributed by atoms with van der Waals surface area (Å²) in [6, 6.07) is 11.7. The van der Waals surface area contributed by atoms with Crippen LogP contribution < -0.4 is 0 Å². The van der Waals surface area contributed by atoms with Gasteiger partial charge in [-0.15, -0.1) is 0 Å². The van der Waals surface area contributed by atoms with Gasteiger partial charge in [0.15, 0.2) is 0 Å². The fourth-order valence-electron chi connectivity index (χ4n) is 3.21. The second-order valence-electron chi connectivity index (χ2n) is 5.41. The van der Waals surface area contributed by atoms with Gasteiger partial charge in [0.1, 0.15) is 0 Å². The first-order valence-corrected chi connectivity index (χ1v) is 6.92. The van der Waals surface area contributed by atoms with Crippen molar-refractivity contribution in [3.05, 3.63) is 35.9 Å². The molecule has 2 heterocycles. The van der Waals surface area contributed by atoms with Crippen LogP contribution in [0, 0.1) is 0 Å². The number of hydrogen-bond acceptors (Lipinski definition) is 2. The van der Waals surface area contributed by atoms with Gasteiger partial charge < -0.3 is 0 Å². The van der Waals surface area contributed by atoms with Gasteiger partial charge in [0.05, 0.1) is 0 Å². The van der Waals surface area contributed by atoms with Crippen LogP contribution in [0.3, 0.4) is 0 Å². The molecule has 1 aromatic carbocycles. The third-order valence-corrected chi connectivity index (χ3v) is 4.17. The molecular weight excluding hydrogens is 208 g/mol. The van der Waals surface area contributed by atoms with Crippen LogP contribution in [0.4, 0.5) is 0 Å². The SMILES string of the molecule is c1ccc(CN2CCN3CCCC[C@H]3C2)cc1. The normalized spacial score (nSPS) is 26.7. The zero-order valence-electron chi connectivity index (χ0n) is 10.5. The molecule has 0 bridgehead atoms. The van der Waals surface area contributed by atoms with Gasteiger partial charge in [-0.2, -0.15) is 0 Å². The van der Waals surface area contributed by atoms with Crippen LogP contribution in [0.2, 0.25) is 0 Å². The highest BCUT2D eigenvalue weighted by atomic mass is 15.3. The number of nitrogens with zero attached hydrogens (tertiary/aromatic N) is 2. The summed E-state index contributed by atoms with van der Waals surface area (Å²) in [7, 11) is 0. The molecule has 0 aromatic heterocycles. The molecule has 17 heavy (non-hydrogen) atoms. The molecule has 0 aliphatic carbocycles. The third kappa shape index (κ3) is 2.70. The number of piperidine rings is 1. The zero-order chi connectivity index (χ0) is 11.5. The molecule has 0 spiro atoms. The van der Waals surface area contributed by atoms with Crippen molar-refractivity contribution in [2.45, 2.75) is 31.8 Å². The molecule has 2 nitrogen and oxygen atoms in total. The fraction of sp³-hybridized carbons (Fsp3) is 0.600. The van der Waals surface area contributed by atoms with E-state index in [4.69, 9.17) is 0 Å². The first-order valence-electron chi connectivity index (χ1n) is 6.92. The summed E-state index contributed by atoms with van der Waals surface area (Å²) in [4.78, 5) is 5.33. The summed E-state index contributed by atoms with van der Waals surface area (Å²) in [6.07, 6.45) is 4.25. The lowest BCUT2D eigenvalue weighted by atomic mass is 9.99. The van der Waals surface area contributed by atoms with Crippen molar-refractivity contribution >= 4 is 0 Å². The topological polar surface area (TPSA) is 6.48 Å². The molecule has 1 atom stereocenters. The third-order valence-electron chi connectivity index (χ3n) is 4.17. The van der Waals surface area contributed by atoms with E-state index >= 15 is 0 Å². The van der Waals surface area contributed by atoms with Crippen molar-refractivity contribution in [1.29, 1.82) is 0 Å². The fourth-order valence-corrected chi connectivity index (χ4v) is 3.21. The Morgan fingerprint density at radius 3 is 2.76 bits per heavy atom. The first-order chi connectivity index (χ1) is 8.42. The molecule has 2 fully saturated rings. The molecule has 0 amide bonds. The average Bonchev–Trinajstić information content (AvgIpc) is 2.40. The highest BCUT2D eigenvalue weighted by molar-refractivity contribution is 5.14. The van der Waals surface area contributed by atoms with Crippen LogP contribution in [-0.2, 0) is 6.54 Å². The Morgan fingerprint density at radius 1 is 1.00 bits per heavy atom. The van der Waals surface area contributed by atoms with E-state index in [-0.39, 0.29) is 0 Å². The smallest absolute Gasteiger partial charge is 0.0234 e. The van der Waals surface area contributed by atoms with Gasteiger partial charge in [-0.1, -0.05) is 36.8 Å². The van der Waals surface area contributed by atoms with E-state index in [2.05, 4.69) is 40.1 Å². The number of fused-ring (bicyclic) bond motifs is 1. The van der Waals surface area contributed by atoms with Crippen LogP contribution in [0.25, 0.3) is 0 Å². The molecule has 2 aliphatic rings. The molecule has 0 unspecified atom stereocenters. The Kier molecular flexibility index (Phi) is 3.44. The van der Waals surface area contributed by atoms with Gasteiger partial charge in [0.25, 0.3) is 0 Å². The van der Waals surface area contributed by atoms with Crippen molar-refractivity contribution in [3.63, 3.8) is 0 Å². The first kappa shape index (κ1) is 11.2. The van der Waals surface area contributed by atoms with Gasteiger partial charge in [0.2, 0.25) is 0 Å². The van der Waals surface area contributed by atoms with Gasteiger partial charge in [-0.3, -0.25) is 9.80 Å². The zero-order valence-corrected chi connectivity index (χ0v) is 10.5. The Hall–Kier alpha value is -0.860. The minimum absolute atomic E-state index is 0.834. The minimum Gasteiger partial charge on any atom is -0.298 e. The molecule has 0 radical (unpaired) electrons. The van der Waals surface area contributed by atoms with E-state index in [9.17, 15) is 0 Å². The van der Waals surface area contributed by atoms with Crippen LogP contribution in [0.5, 0.6) is 0 Å². The largest absolute Gasteiger partial charge is 0.298 e. The summed E-state index contributed by atoms with van der Waals surface area (Å²) < 4.78 is 0. The van der Waals surface area contributed by atoms with E-state index in [1.165, 1.54) is 51.0 Å². The van der Waals surface area contributed by atoms with E-state index in [0.29, 0.717) is 0 Å². The molecule has 0 saturated carbocycles. The lowest BCUT2D eigenvalue weighted by Gasteiger charge is -2.44.